The summed E-state index contributed by atoms with van der Waals surface area (Å²) in [5.74, 6) is 0. The predicted octanol–water partition coefficient (Wildman–Crippen LogP) is 1.25. The van der Waals surface area contributed by atoms with Crippen LogP contribution in [0.2, 0.25) is 0 Å². The van der Waals surface area contributed by atoms with Gasteiger partial charge in [-0.15, -0.1) is 0 Å². The van der Waals surface area contributed by atoms with Gasteiger partial charge in [-0.25, -0.2) is 4.42 Å². The molecule has 0 aromatic rings. The summed E-state index contributed by atoms with van der Waals surface area (Å²) in [4.78, 5) is 0. The Balaban J connectivity index is 2.41. The molecule has 2 atom stereocenters. The lowest BCUT2D eigenvalue weighted by atomic mass is 10.2. The van der Waals surface area contributed by atoms with Crippen LogP contribution in [0.4, 0.5) is 0 Å². The van der Waals surface area contributed by atoms with E-state index in [2.05, 4.69) is 13.8 Å². The normalized spacial score (nSPS) is 39.0. The molecule has 1 saturated heterocycles. The molecule has 0 bridgehead atoms. The van der Waals surface area contributed by atoms with E-state index in [4.69, 9.17) is 16.5 Å². The molecule has 1 aliphatic heterocycles. The summed E-state index contributed by atoms with van der Waals surface area (Å²) >= 11 is 5.87. The zero-order valence-corrected chi connectivity index (χ0v) is 6.56. The summed E-state index contributed by atoms with van der Waals surface area (Å²) < 4.78 is 7.06. The summed E-state index contributed by atoms with van der Waals surface area (Å²) in [7, 11) is 0. The third kappa shape index (κ3) is 1.57. The van der Waals surface area contributed by atoms with Crippen LogP contribution in [0.3, 0.4) is 0 Å². The highest BCUT2D eigenvalue weighted by Gasteiger charge is 2.22. The van der Waals surface area contributed by atoms with E-state index >= 15 is 0 Å². The molecule has 0 saturated carbocycles. The molecule has 0 aliphatic carbocycles. The molecule has 0 radical (unpaired) electrons. The van der Waals surface area contributed by atoms with Crippen LogP contribution >= 0.6 is 11.8 Å². The van der Waals surface area contributed by atoms with E-state index in [0.29, 0.717) is 12.1 Å². The van der Waals surface area contributed by atoms with Crippen molar-refractivity contribution in [3.63, 3.8) is 0 Å². The smallest absolute Gasteiger partial charge is 0.0633 e. The third-order valence-electron chi connectivity index (χ3n) is 1.56. The highest BCUT2D eigenvalue weighted by molar-refractivity contribution is 6.13. The van der Waals surface area contributed by atoms with Crippen molar-refractivity contribution in [1.82, 2.24) is 4.42 Å². The molecule has 2 nitrogen and oxygen atoms in total. The van der Waals surface area contributed by atoms with Crippen molar-refractivity contribution in [2.24, 2.45) is 0 Å². The topological polar surface area (TPSA) is 12.5 Å². The maximum absolute atomic E-state index is 5.87. The van der Waals surface area contributed by atoms with Crippen molar-refractivity contribution in [3.8, 4) is 0 Å². The Hall–Kier alpha value is 0.210. The van der Waals surface area contributed by atoms with Crippen LogP contribution in [0.25, 0.3) is 0 Å². The Labute approximate surface area is 60.8 Å². The van der Waals surface area contributed by atoms with Crippen molar-refractivity contribution >= 4 is 11.8 Å². The van der Waals surface area contributed by atoms with E-state index in [1.807, 2.05) is 4.42 Å². The Morgan fingerprint density at radius 2 is 1.78 bits per heavy atom. The molecule has 1 aliphatic rings. The molecule has 2 unspecified atom stereocenters. The molecular weight excluding hydrogens is 138 g/mol. The second kappa shape index (κ2) is 2.86. The minimum absolute atomic E-state index is 0.357. The van der Waals surface area contributed by atoms with Gasteiger partial charge >= 0.3 is 0 Å². The molecule has 0 amide bonds. The first-order valence-corrected chi connectivity index (χ1v) is 3.57. The number of morpholine rings is 1. The van der Waals surface area contributed by atoms with E-state index in [9.17, 15) is 0 Å². The zero-order chi connectivity index (χ0) is 6.85. The maximum Gasteiger partial charge on any atom is 0.0633 e. The minimum atomic E-state index is 0.357. The Morgan fingerprint density at radius 3 is 2.11 bits per heavy atom. The lowest BCUT2D eigenvalue weighted by Crippen LogP contribution is -2.43. The van der Waals surface area contributed by atoms with Crippen LogP contribution in [-0.4, -0.2) is 29.7 Å². The van der Waals surface area contributed by atoms with E-state index in [1.54, 1.807) is 0 Å². The lowest BCUT2D eigenvalue weighted by molar-refractivity contribution is 0.00729. The number of hydrogen-bond acceptors (Lipinski definition) is 2. The van der Waals surface area contributed by atoms with Gasteiger partial charge < -0.3 is 4.74 Å². The molecule has 0 aromatic heterocycles. The molecule has 1 rings (SSSR count). The van der Waals surface area contributed by atoms with E-state index in [1.165, 1.54) is 0 Å². The number of hydrogen-bond donors (Lipinski definition) is 0. The maximum atomic E-state index is 5.87. The fourth-order valence-electron chi connectivity index (χ4n) is 0.986. The first kappa shape index (κ1) is 7.32. The quantitative estimate of drug-likeness (QED) is 0.481. The molecule has 3 heteroatoms. The van der Waals surface area contributed by atoms with Gasteiger partial charge in [-0.1, -0.05) is 0 Å². The Kier molecular flexibility index (Phi) is 2.33. The molecule has 9 heavy (non-hydrogen) atoms. The average molecular weight is 150 g/mol. The predicted molar refractivity (Wildman–Crippen MR) is 37.4 cm³/mol. The van der Waals surface area contributed by atoms with Crippen LogP contribution in [0, 0.1) is 0 Å². The van der Waals surface area contributed by atoms with Crippen LogP contribution < -0.4 is 0 Å². The van der Waals surface area contributed by atoms with Gasteiger partial charge in [0.1, 0.15) is 0 Å². The van der Waals surface area contributed by atoms with Crippen molar-refractivity contribution in [2.45, 2.75) is 25.9 Å². The first-order valence-electron chi connectivity index (χ1n) is 3.23. The van der Waals surface area contributed by atoms with Crippen LogP contribution in [0.5, 0.6) is 0 Å². The van der Waals surface area contributed by atoms with Gasteiger partial charge in [0, 0.05) is 12.1 Å². The van der Waals surface area contributed by atoms with Gasteiger partial charge in [-0.3, -0.25) is 0 Å². The minimum Gasteiger partial charge on any atom is -0.378 e. The van der Waals surface area contributed by atoms with Gasteiger partial charge in [0.25, 0.3) is 0 Å². The van der Waals surface area contributed by atoms with Gasteiger partial charge in [0.15, 0.2) is 0 Å². The van der Waals surface area contributed by atoms with Crippen LogP contribution in [0.1, 0.15) is 13.8 Å². The lowest BCUT2D eigenvalue weighted by Gasteiger charge is -2.32. The van der Waals surface area contributed by atoms with Crippen molar-refractivity contribution in [3.05, 3.63) is 0 Å². The Bertz CT molecular complexity index is 89.1. The second-order valence-corrected chi connectivity index (χ2v) is 2.97. The summed E-state index contributed by atoms with van der Waals surface area (Å²) in [6.45, 7) is 5.63. The first-order chi connectivity index (χ1) is 4.22. The van der Waals surface area contributed by atoms with Gasteiger partial charge in [0.2, 0.25) is 0 Å². The van der Waals surface area contributed by atoms with E-state index < -0.39 is 0 Å². The number of ether oxygens (including phenoxy) is 1. The highest BCUT2D eigenvalue weighted by atomic mass is 35.5. The van der Waals surface area contributed by atoms with Crippen LogP contribution in [-0.2, 0) is 4.74 Å². The standard InChI is InChI=1S/C6H12ClNO/c1-5-3-9-4-6(2)8(5)7/h5-6H,3-4H2,1-2H3. The van der Waals surface area contributed by atoms with Gasteiger partial charge in [0.05, 0.1) is 13.2 Å². The number of halogens is 1. The summed E-state index contributed by atoms with van der Waals surface area (Å²) in [5, 5.41) is 0. The number of rotatable bonds is 0. The average Bonchev–Trinajstić information content (AvgIpc) is 1.83. The SMILES string of the molecule is CC1COCC(C)N1Cl. The van der Waals surface area contributed by atoms with Gasteiger partial charge in [-0.2, -0.15) is 0 Å². The highest BCUT2D eigenvalue weighted by Crippen LogP contribution is 2.14. The fraction of sp³-hybridized carbons (Fsp3) is 1.00. The molecule has 0 N–H and O–H groups in total. The van der Waals surface area contributed by atoms with Crippen LogP contribution in [0.15, 0.2) is 0 Å². The summed E-state index contributed by atoms with van der Waals surface area (Å²) in [5.41, 5.74) is 0. The molecule has 1 heterocycles. The molecule has 54 valence electrons. The van der Waals surface area contributed by atoms with E-state index in [-0.39, 0.29) is 0 Å². The van der Waals surface area contributed by atoms with Crippen molar-refractivity contribution in [2.75, 3.05) is 13.2 Å². The Morgan fingerprint density at radius 1 is 1.33 bits per heavy atom. The molecule has 0 aromatic carbocycles. The monoisotopic (exact) mass is 149 g/mol. The summed E-state index contributed by atoms with van der Waals surface area (Å²) in [6, 6.07) is 0.714. The largest absolute Gasteiger partial charge is 0.378 e. The van der Waals surface area contributed by atoms with Crippen molar-refractivity contribution in [1.29, 1.82) is 0 Å². The number of nitrogens with zero attached hydrogens (tertiary/aromatic N) is 1. The molecule has 0 spiro atoms. The van der Waals surface area contributed by atoms with E-state index in [0.717, 1.165) is 13.2 Å². The zero-order valence-electron chi connectivity index (χ0n) is 5.80. The second-order valence-electron chi connectivity index (χ2n) is 2.58. The molecular formula is C6H12ClNO. The third-order valence-corrected chi connectivity index (χ3v) is 2.23. The van der Waals surface area contributed by atoms with Crippen molar-refractivity contribution < 1.29 is 4.74 Å². The summed E-state index contributed by atoms with van der Waals surface area (Å²) in [6.07, 6.45) is 0. The molecule has 1 fully saturated rings. The van der Waals surface area contributed by atoms with Gasteiger partial charge in [-0.05, 0) is 25.6 Å². The fourth-order valence-corrected chi connectivity index (χ4v) is 1.10.